The van der Waals surface area contributed by atoms with Crippen LogP contribution < -0.4 is 11.1 Å². The first-order chi connectivity index (χ1) is 9.78. The molecule has 2 rings (SSSR count). The molecule has 0 radical (unpaired) electrons. The molecule has 3 N–H and O–H groups in total. The number of hydrogen-bond acceptors (Lipinski definition) is 3. The summed E-state index contributed by atoms with van der Waals surface area (Å²) in [5, 5.41) is 14.0. The summed E-state index contributed by atoms with van der Waals surface area (Å²) in [4.78, 5) is 5.59. The van der Waals surface area contributed by atoms with Crippen LogP contribution in [0.15, 0.2) is 46.8 Å². The van der Waals surface area contributed by atoms with Crippen LogP contribution in [-0.2, 0) is 13.0 Å². The van der Waals surface area contributed by atoms with E-state index in [2.05, 4.69) is 27.8 Å². The average molecular weight is 412 g/mol. The van der Waals surface area contributed by atoms with Gasteiger partial charge in [-0.15, -0.1) is 35.3 Å². The van der Waals surface area contributed by atoms with Gasteiger partial charge in [0.25, 0.3) is 0 Å². The Labute approximate surface area is 145 Å². The third-order valence-electron chi connectivity index (χ3n) is 2.75. The minimum Gasteiger partial charge on any atom is -0.370 e. The quantitative estimate of drug-likeness (QED) is 0.451. The fraction of sp³-hybridized carbons (Fsp3) is 0.200. The molecule has 0 atom stereocenters. The lowest BCUT2D eigenvalue weighted by Gasteiger charge is -2.04. The third-order valence-corrected chi connectivity index (χ3v) is 3.68. The standard InChI is InChI=1S/C15H16N4S.HI/c16-10-12-3-1-4-13(9-12)11-19-15(17)18-7-6-14-5-2-8-20-14;/h1-5,8-9H,6-7,11H2,(H3,17,18,19);1H. The van der Waals surface area contributed by atoms with E-state index in [1.807, 2.05) is 24.3 Å². The maximum Gasteiger partial charge on any atom is 0.188 e. The van der Waals surface area contributed by atoms with Crippen molar-refractivity contribution in [3.05, 3.63) is 57.8 Å². The van der Waals surface area contributed by atoms with Crippen molar-refractivity contribution in [2.75, 3.05) is 6.54 Å². The minimum absolute atomic E-state index is 0. The first-order valence-corrected chi connectivity index (χ1v) is 7.21. The highest BCUT2D eigenvalue weighted by Crippen LogP contribution is 2.08. The molecule has 0 fully saturated rings. The molecule has 1 aromatic carbocycles. The van der Waals surface area contributed by atoms with E-state index in [1.54, 1.807) is 17.4 Å². The van der Waals surface area contributed by atoms with Gasteiger partial charge in [0.2, 0.25) is 0 Å². The van der Waals surface area contributed by atoms with Crippen LogP contribution in [0.2, 0.25) is 0 Å². The van der Waals surface area contributed by atoms with Crippen molar-refractivity contribution in [2.24, 2.45) is 10.7 Å². The molecule has 1 aromatic heterocycles. The van der Waals surface area contributed by atoms with Crippen LogP contribution in [0.4, 0.5) is 0 Å². The Kier molecular flexibility index (Phi) is 7.79. The van der Waals surface area contributed by atoms with E-state index < -0.39 is 0 Å². The second-order valence-corrected chi connectivity index (χ2v) is 5.30. The normalized spacial score (nSPS) is 10.5. The zero-order valence-electron chi connectivity index (χ0n) is 11.5. The molecule has 0 amide bonds. The second kappa shape index (κ2) is 9.37. The van der Waals surface area contributed by atoms with Gasteiger partial charge in [0.1, 0.15) is 0 Å². The van der Waals surface area contributed by atoms with E-state index in [4.69, 9.17) is 11.0 Å². The third kappa shape index (κ3) is 6.14. The lowest BCUT2D eigenvalue weighted by molar-refractivity contribution is 0.857. The summed E-state index contributed by atoms with van der Waals surface area (Å²) in [5.41, 5.74) is 7.43. The smallest absolute Gasteiger partial charge is 0.188 e. The maximum atomic E-state index is 8.82. The summed E-state index contributed by atoms with van der Waals surface area (Å²) in [5.74, 6) is 0.434. The van der Waals surface area contributed by atoms with Crippen LogP contribution in [0.25, 0.3) is 0 Å². The van der Waals surface area contributed by atoms with E-state index in [0.717, 1.165) is 18.5 Å². The van der Waals surface area contributed by atoms with Gasteiger partial charge in [-0.2, -0.15) is 5.26 Å². The van der Waals surface area contributed by atoms with Gasteiger partial charge in [0.05, 0.1) is 18.2 Å². The van der Waals surface area contributed by atoms with Crippen molar-refractivity contribution in [2.45, 2.75) is 13.0 Å². The molecule has 0 aliphatic rings. The van der Waals surface area contributed by atoms with E-state index in [-0.39, 0.29) is 24.0 Å². The van der Waals surface area contributed by atoms with Crippen molar-refractivity contribution in [1.82, 2.24) is 5.32 Å². The first-order valence-electron chi connectivity index (χ1n) is 6.33. The highest BCUT2D eigenvalue weighted by Gasteiger charge is 1.97. The van der Waals surface area contributed by atoms with Crippen molar-refractivity contribution >= 4 is 41.3 Å². The number of rotatable bonds is 5. The zero-order valence-corrected chi connectivity index (χ0v) is 14.6. The highest BCUT2D eigenvalue weighted by molar-refractivity contribution is 14.0. The van der Waals surface area contributed by atoms with E-state index >= 15 is 0 Å². The van der Waals surface area contributed by atoms with Crippen LogP contribution >= 0.6 is 35.3 Å². The van der Waals surface area contributed by atoms with Gasteiger partial charge in [-0.25, -0.2) is 4.99 Å². The lowest BCUT2D eigenvalue weighted by atomic mass is 10.1. The van der Waals surface area contributed by atoms with Crippen LogP contribution in [0.5, 0.6) is 0 Å². The summed E-state index contributed by atoms with van der Waals surface area (Å²) >= 11 is 1.74. The number of nitriles is 1. The Morgan fingerprint density at radius 3 is 2.90 bits per heavy atom. The van der Waals surface area contributed by atoms with Gasteiger partial charge in [-0.1, -0.05) is 18.2 Å². The number of halogens is 1. The molecular weight excluding hydrogens is 395 g/mol. The van der Waals surface area contributed by atoms with Gasteiger partial charge in [0.15, 0.2) is 5.96 Å². The van der Waals surface area contributed by atoms with Crippen molar-refractivity contribution < 1.29 is 0 Å². The molecule has 0 saturated heterocycles. The van der Waals surface area contributed by atoms with Crippen LogP contribution in [0, 0.1) is 11.3 Å². The lowest BCUT2D eigenvalue weighted by Crippen LogP contribution is -2.33. The van der Waals surface area contributed by atoms with Crippen LogP contribution in [0.1, 0.15) is 16.0 Å². The number of nitrogens with one attached hydrogen (secondary N) is 1. The van der Waals surface area contributed by atoms with Crippen molar-refractivity contribution in [1.29, 1.82) is 5.26 Å². The molecule has 21 heavy (non-hydrogen) atoms. The average Bonchev–Trinajstić information content (AvgIpc) is 2.98. The molecule has 110 valence electrons. The Hall–Kier alpha value is -1.59. The van der Waals surface area contributed by atoms with E-state index in [0.29, 0.717) is 18.1 Å². The van der Waals surface area contributed by atoms with Gasteiger partial charge in [0, 0.05) is 11.4 Å². The summed E-state index contributed by atoms with van der Waals surface area (Å²) in [7, 11) is 0. The van der Waals surface area contributed by atoms with Crippen LogP contribution in [0.3, 0.4) is 0 Å². The van der Waals surface area contributed by atoms with E-state index in [9.17, 15) is 0 Å². The number of thiophene rings is 1. The topological polar surface area (TPSA) is 74.2 Å². The maximum absolute atomic E-state index is 8.82. The van der Waals surface area contributed by atoms with Crippen molar-refractivity contribution in [3.8, 4) is 6.07 Å². The number of guanidine groups is 1. The summed E-state index contributed by atoms with van der Waals surface area (Å²) < 4.78 is 0. The molecule has 1 heterocycles. The fourth-order valence-corrected chi connectivity index (χ4v) is 2.45. The Morgan fingerprint density at radius 2 is 2.19 bits per heavy atom. The van der Waals surface area contributed by atoms with E-state index in [1.165, 1.54) is 4.88 Å². The number of hydrogen-bond donors (Lipinski definition) is 2. The van der Waals surface area contributed by atoms with Gasteiger partial charge >= 0.3 is 0 Å². The molecule has 0 bridgehead atoms. The Balaban J connectivity index is 0.00000220. The SMILES string of the molecule is I.N#Cc1cccc(CN=C(N)NCCc2cccs2)c1. The molecular formula is C15H17IN4S. The number of nitrogens with two attached hydrogens (primary N) is 1. The second-order valence-electron chi connectivity index (χ2n) is 4.27. The number of aliphatic imine (C=N–C) groups is 1. The largest absolute Gasteiger partial charge is 0.370 e. The van der Waals surface area contributed by atoms with Gasteiger partial charge < -0.3 is 11.1 Å². The zero-order chi connectivity index (χ0) is 14.2. The molecule has 2 aromatic rings. The Morgan fingerprint density at radius 1 is 1.33 bits per heavy atom. The molecule has 0 aliphatic carbocycles. The molecule has 0 spiro atoms. The predicted molar refractivity (Wildman–Crippen MR) is 97.9 cm³/mol. The summed E-state index contributed by atoms with van der Waals surface area (Å²) in [6.45, 7) is 1.25. The first kappa shape index (κ1) is 17.5. The Bertz CT molecular complexity index is 617. The highest BCUT2D eigenvalue weighted by atomic mass is 127. The minimum atomic E-state index is 0. The van der Waals surface area contributed by atoms with Gasteiger partial charge in [-0.05, 0) is 35.6 Å². The fourth-order valence-electron chi connectivity index (χ4n) is 1.74. The number of nitrogens with zero attached hydrogens (tertiary/aromatic N) is 2. The molecule has 0 unspecified atom stereocenters. The molecule has 0 saturated carbocycles. The number of benzene rings is 1. The summed E-state index contributed by atoms with van der Waals surface area (Å²) in [6.07, 6.45) is 0.942. The summed E-state index contributed by atoms with van der Waals surface area (Å²) in [6, 6.07) is 13.6. The predicted octanol–water partition coefficient (Wildman–Crippen LogP) is 2.88. The van der Waals surface area contributed by atoms with Crippen LogP contribution in [-0.4, -0.2) is 12.5 Å². The molecule has 4 nitrogen and oxygen atoms in total. The molecule has 0 aliphatic heterocycles. The monoisotopic (exact) mass is 412 g/mol. The van der Waals surface area contributed by atoms with Gasteiger partial charge in [-0.3, -0.25) is 0 Å². The molecule has 6 heteroatoms. The van der Waals surface area contributed by atoms with Crippen molar-refractivity contribution in [3.63, 3.8) is 0 Å².